The highest BCUT2D eigenvalue weighted by Crippen LogP contribution is 2.23. The van der Waals surface area contributed by atoms with Crippen molar-refractivity contribution in [1.82, 2.24) is 9.55 Å². The highest BCUT2D eigenvalue weighted by Gasteiger charge is 2.20. The fourth-order valence-corrected chi connectivity index (χ4v) is 1.48. The maximum atomic E-state index is 8.88. The Bertz CT molecular complexity index is 231. The van der Waals surface area contributed by atoms with E-state index in [1.54, 1.807) is 6.20 Å². The number of hydrogen-bond acceptors (Lipinski definition) is 2. The Hall–Kier alpha value is -0.830. The fourth-order valence-electron chi connectivity index (χ4n) is 1.48. The molecule has 1 aromatic heterocycles. The number of aliphatic hydroxyl groups excluding tert-OH is 1. The number of imidazole rings is 1. The SMILES string of the molecule is OC[C@@H]1CCc2nccn21. The summed E-state index contributed by atoms with van der Waals surface area (Å²) in [6.07, 6.45) is 5.78. The van der Waals surface area contributed by atoms with E-state index in [1.165, 1.54) is 0 Å². The fraction of sp³-hybridized carbons (Fsp3) is 0.571. The van der Waals surface area contributed by atoms with Crippen LogP contribution in [0.3, 0.4) is 0 Å². The third-order valence-electron chi connectivity index (χ3n) is 2.05. The molecule has 0 aliphatic carbocycles. The Morgan fingerprint density at radius 3 is 3.50 bits per heavy atom. The maximum Gasteiger partial charge on any atom is 0.109 e. The van der Waals surface area contributed by atoms with Gasteiger partial charge in [-0.15, -0.1) is 0 Å². The van der Waals surface area contributed by atoms with Crippen LogP contribution in [0.5, 0.6) is 0 Å². The molecule has 2 heterocycles. The monoisotopic (exact) mass is 138 g/mol. The first-order valence-electron chi connectivity index (χ1n) is 3.54. The Morgan fingerprint density at radius 2 is 2.70 bits per heavy atom. The summed E-state index contributed by atoms with van der Waals surface area (Å²) in [5.41, 5.74) is 0. The van der Waals surface area contributed by atoms with E-state index < -0.39 is 0 Å². The van der Waals surface area contributed by atoms with Gasteiger partial charge in [-0.05, 0) is 6.42 Å². The molecule has 3 nitrogen and oxygen atoms in total. The normalized spacial score (nSPS) is 23.1. The average molecular weight is 138 g/mol. The molecule has 0 spiro atoms. The van der Waals surface area contributed by atoms with Crippen molar-refractivity contribution < 1.29 is 5.11 Å². The molecule has 1 aromatic rings. The molecule has 0 unspecified atom stereocenters. The Balaban J connectivity index is 2.34. The summed E-state index contributed by atoms with van der Waals surface area (Å²) in [4.78, 5) is 4.15. The minimum atomic E-state index is 0.239. The number of aryl methyl sites for hydroxylation is 1. The molecule has 0 amide bonds. The van der Waals surface area contributed by atoms with Crippen LogP contribution in [0, 0.1) is 0 Å². The van der Waals surface area contributed by atoms with Crippen LogP contribution in [0.15, 0.2) is 12.4 Å². The lowest BCUT2D eigenvalue weighted by molar-refractivity contribution is 0.233. The van der Waals surface area contributed by atoms with Crippen LogP contribution in [-0.2, 0) is 6.42 Å². The van der Waals surface area contributed by atoms with Crippen LogP contribution in [-0.4, -0.2) is 21.3 Å². The first-order valence-corrected chi connectivity index (χ1v) is 3.54. The standard InChI is InChI=1S/C7H10N2O/c10-5-6-1-2-7-8-3-4-9(6)7/h3-4,6,10H,1-2,5H2/t6-/m0/s1. The van der Waals surface area contributed by atoms with Gasteiger partial charge in [0.25, 0.3) is 0 Å². The van der Waals surface area contributed by atoms with E-state index in [4.69, 9.17) is 5.11 Å². The highest BCUT2D eigenvalue weighted by molar-refractivity contribution is 5.01. The molecule has 1 aliphatic heterocycles. The molecule has 0 saturated heterocycles. The minimum Gasteiger partial charge on any atom is -0.394 e. The van der Waals surface area contributed by atoms with Crippen LogP contribution in [0.2, 0.25) is 0 Å². The predicted octanol–water partition coefficient (Wildman–Crippen LogP) is 0.363. The summed E-state index contributed by atoms with van der Waals surface area (Å²) < 4.78 is 2.06. The molecule has 3 heteroatoms. The van der Waals surface area contributed by atoms with E-state index >= 15 is 0 Å². The summed E-state index contributed by atoms with van der Waals surface area (Å²) in [7, 11) is 0. The van der Waals surface area contributed by atoms with Gasteiger partial charge in [-0.2, -0.15) is 0 Å². The summed E-state index contributed by atoms with van der Waals surface area (Å²) in [5.74, 6) is 1.11. The largest absolute Gasteiger partial charge is 0.394 e. The van der Waals surface area contributed by atoms with Gasteiger partial charge in [0.05, 0.1) is 12.6 Å². The van der Waals surface area contributed by atoms with Gasteiger partial charge in [0.2, 0.25) is 0 Å². The van der Waals surface area contributed by atoms with Gasteiger partial charge in [-0.25, -0.2) is 4.98 Å². The molecule has 2 rings (SSSR count). The molecule has 0 bridgehead atoms. The Morgan fingerprint density at radius 1 is 1.80 bits per heavy atom. The van der Waals surface area contributed by atoms with Gasteiger partial charge in [0.15, 0.2) is 0 Å². The van der Waals surface area contributed by atoms with Crippen LogP contribution in [0.25, 0.3) is 0 Å². The molecular formula is C7H10N2O. The smallest absolute Gasteiger partial charge is 0.109 e. The molecule has 0 saturated carbocycles. The van der Waals surface area contributed by atoms with E-state index in [0.717, 1.165) is 18.7 Å². The van der Waals surface area contributed by atoms with E-state index in [0.29, 0.717) is 0 Å². The van der Waals surface area contributed by atoms with Crippen molar-refractivity contribution >= 4 is 0 Å². The van der Waals surface area contributed by atoms with Gasteiger partial charge >= 0.3 is 0 Å². The second-order valence-electron chi connectivity index (χ2n) is 2.63. The molecule has 1 N–H and O–H groups in total. The number of hydrogen-bond donors (Lipinski definition) is 1. The first kappa shape index (κ1) is 5.92. The minimum absolute atomic E-state index is 0.239. The molecule has 0 aromatic carbocycles. The van der Waals surface area contributed by atoms with Crippen molar-refractivity contribution in [3.63, 3.8) is 0 Å². The molecule has 10 heavy (non-hydrogen) atoms. The molecule has 1 atom stereocenters. The second-order valence-corrected chi connectivity index (χ2v) is 2.63. The van der Waals surface area contributed by atoms with Crippen molar-refractivity contribution in [3.8, 4) is 0 Å². The summed E-state index contributed by atoms with van der Waals surface area (Å²) >= 11 is 0. The maximum absolute atomic E-state index is 8.88. The molecule has 0 radical (unpaired) electrons. The number of fused-ring (bicyclic) bond motifs is 1. The second kappa shape index (κ2) is 2.09. The predicted molar refractivity (Wildman–Crippen MR) is 36.7 cm³/mol. The summed E-state index contributed by atoms with van der Waals surface area (Å²) in [6, 6.07) is 0.289. The lowest BCUT2D eigenvalue weighted by Crippen LogP contribution is -2.06. The number of aromatic nitrogens is 2. The first-order chi connectivity index (χ1) is 4.92. The van der Waals surface area contributed by atoms with Crippen molar-refractivity contribution in [2.24, 2.45) is 0 Å². The van der Waals surface area contributed by atoms with Crippen molar-refractivity contribution in [2.45, 2.75) is 18.9 Å². The van der Waals surface area contributed by atoms with Gasteiger partial charge in [0, 0.05) is 18.8 Å². The van der Waals surface area contributed by atoms with Crippen molar-refractivity contribution in [1.29, 1.82) is 0 Å². The average Bonchev–Trinajstić information content (AvgIpc) is 2.44. The van der Waals surface area contributed by atoms with E-state index in [9.17, 15) is 0 Å². The molecular weight excluding hydrogens is 128 g/mol. The van der Waals surface area contributed by atoms with Gasteiger partial charge < -0.3 is 9.67 Å². The summed E-state index contributed by atoms with van der Waals surface area (Å²) in [6.45, 7) is 0.239. The van der Waals surface area contributed by atoms with E-state index in [1.807, 2.05) is 6.20 Å². The van der Waals surface area contributed by atoms with Gasteiger partial charge in [-0.3, -0.25) is 0 Å². The summed E-state index contributed by atoms with van der Waals surface area (Å²) in [5, 5.41) is 8.88. The van der Waals surface area contributed by atoms with E-state index in [-0.39, 0.29) is 12.6 Å². The van der Waals surface area contributed by atoms with Crippen LogP contribution in [0.1, 0.15) is 18.3 Å². The number of nitrogens with zero attached hydrogens (tertiary/aromatic N) is 2. The Labute approximate surface area is 59.3 Å². The highest BCUT2D eigenvalue weighted by atomic mass is 16.3. The van der Waals surface area contributed by atoms with Crippen LogP contribution in [0.4, 0.5) is 0 Å². The van der Waals surface area contributed by atoms with Crippen molar-refractivity contribution in [2.75, 3.05) is 6.61 Å². The zero-order chi connectivity index (χ0) is 6.97. The van der Waals surface area contributed by atoms with Crippen LogP contribution < -0.4 is 0 Å². The Kier molecular flexibility index (Phi) is 1.24. The van der Waals surface area contributed by atoms with Crippen molar-refractivity contribution in [3.05, 3.63) is 18.2 Å². The van der Waals surface area contributed by atoms with Crippen LogP contribution >= 0.6 is 0 Å². The lowest BCUT2D eigenvalue weighted by Gasteiger charge is -2.06. The third kappa shape index (κ3) is 0.671. The molecule has 1 aliphatic rings. The van der Waals surface area contributed by atoms with Gasteiger partial charge in [-0.1, -0.05) is 0 Å². The zero-order valence-electron chi connectivity index (χ0n) is 5.70. The molecule has 54 valence electrons. The lowest BCUT2D eigenvalue weighted by atomic mass is 10.2. The number of aliphatic hydroxyl groups is 1. The number of rotatable bonds is 1. The quantitative estimate of drug-likeness (QED) is 0.608. The van der Waals surface area contributed by atoms with E-state index in [2.05, 4.69) is 9.55 Å². The molecule has 0 fully saturated rings. The van der Waals surface area contributed by atoms with Gasteiger partial charge in [0.1, 0.15) is 5.82 Å². The third-order valence-corrected chi connectivity index (χ3v) is 2.05. The topological polar surface area (TPSA) is 38.1 Å². The zero-order valence-corrected chi connectivity index (χ0v) is 5.70.